The molecule has 0 saturated carbocycles. The molecule has 0 amide bonds. The third kappa shape index (κ3) is 27.2. The first-order valence-corrected chi connectivity index (χ1v) is 26.6. The Bertz CT molecular complexity index is 648. The molecule has 0 N–H and O–H groups in total. The standard InChI is InChI=1S/2C18H37.C4H4O4.Sn/c2*1-3-5-7-9-11-13-15-17-18-16-14-12-10-8-6-4-2;5-3(6)1-2-4(7)8;/h2*1,3-18H2,2H3;1-2H,(H,5,6)(H,7,8);/q;;;+2/p-2. The van der Waals surface area contributed by atoms with Crippen LogP contribution < -0.4 is 0 Å². The first-order valence-electron chi connectivity index (χ1n) is 20.3. The van der Waals surface area contributed by atoms with Crippen LogP contribution in [0.2, 0.25) is 8.87 Å². The van der Waals surface area contributed by atoms with Crippen molar-refractivity contribution in [3.8, 4) is 0 Å². The Morgan fingerprint density at radius 2 is 0.556 bits per heavy atom. The summed E-state index contributed by atoms with van der Waals surface area (Å²) in [5, 5.41) is 0. The van der Waals surface area contributed by atoms with E-state index in [1.54, 1.807) is 0 Å². The molecule has 264 valence electrons. The average molecular weight is 740 g/mol. The Labute approximate surface area is 286 Å². The van der Waals surface area contributed by atoms with Crippen LogP contribution in [0.25, 0.3) is 0 Å². The van der Waals surface area contributed by atoms with Crippen LogP contribution in [0, 0.1) is 0 Å². The molecular weight excluding hydrogens is 663 g/mol. The molecule has 1 aliphatic rings. The summed E-state index contributed by atoms with van der Waals surface area (Å²) in [5.41, 5.74) is 0. The van der Waals surface area contributed by atoms with E-state index in [1.165, 1.54) is 192 Å². The number of carbonyl (C=O) groups is 2. The van der Waals surface area contributed by atoms with Crippen molar-refractivity contribution in [1.82, 2.24) is 0 Å². The summed E-state index contributed by atoms with van der Waals surface area (Å²) in [4.78, 5) is 24.6. The number of unbranched alkanes of at least 4 members (excludes halogenated alkanes) is 30. The molecule has 0 aromatic carbocycles. The van der Waals surface area contributed by atoms with Crippen molar-refractivity contribution in [2.24, 2.45) is 0 Å². The minimum atomic E-state index is -3.73. The zero-order valence-corrected chi connectivity index (χ0v) is 33.2. The fraction of sp³-hybridized carbons (Fsp3) is 0.900. The van der Waals surface area contributed by atoms with Crippen LogP contribution in [0.1, 0.15) is 219 Å². The summed E-state index contributed by atoms with van der Waals surface area (Å²) in [6, 6.07) is 0. The van der Waals surface area contributed by atoms with Gasteiger partial charge in [0.05, 0.1) is 0 Å². The van der Waals surface area contributed by atoms with Gasteiger partial charge < -0.3 is 0 Å². The molecule has 1 aliphatic heterocycles. The average Bonchev–Trinajstić information content (AvgIpc) is 3.17. The zero-order chi connectivity index (χ0) is 32.5. The first kappa shape index (κ1) is 42.5. The fourth-order valence-electron chi connectivity index (χ4n) is 6.81. The normalized spacial score (nSPS) is 14.4. The van der Waals surface area contributed by atoms with E-state index in [4.69, 9.17) is 6.15 Å². The second-order valence-electron chi connectivity index (χ2n) is 14.2. The fourth-order valence-corrected chi connectivity index (χ4v) is 15.8. The number of hydrogen-bond donors (Lipinski definition) is 0. The quantitative estimate of drug-likeness (QED) is 0.0487. The van der Waals surface area contributed by atoms with Crippen LogP contribution in [0.4, 0.5) is 0 Å². The molecule has 0 bridgehead atoms. The molecular formula is C40H76O4Sn. The van der Waals surface area contributed by atoms with Gasteiger partial charge in [-0.2, -0.15) is 0 Å². The Morgan fingerprint density at radius 1 is 0.356 bits per heavy atom. The summed E-state index contributed by atoms with van der Waals surface area (Å²) in [5.74, 6) is -0.714. The van der Waals surface area contributed by atoms with E-state index >= 15 is 0 Å². The van der Waals surface area contributed by atoms with Gasteiger partial charge in [-0.3, -0.25) is 0 Å². The molecule has 0 radical (unpaired) electrons. The summed E-state index contributed by atoms with van der Waals surface area (Å²) >= 11 is -3.73. The maximum absolute atomic E-state index is 12.3. The van der Waals surface area contributed by atoms with E-state index in [1.807, 2.05) is 0 Å². The van der Waals surface area contributed by atoms with Crippen molar-refractivity contribution in [2.45, 2.75) is 228 Å². The van der Waals surface area contributed by atoms with Crippen LogP contribution in [0.15, 0.2) is 12.2 Å². The van der Waals surface area contributed by atoms with Gasteiger partial charge in [0.2, 0.25) is 0 Å². The van der Waals surface area contributed by atoms with Crippen molar-refractivity contribution in [3.63, 3.8) is 0 Å². The minimum absolute atomic E-state index is 0.357. The SMILES string of the molecule is CCCCCCCCCCCCCCCCC[CH2][Sn]1([CH2]CCCCCCCCCCCCCCCCC)[O]C(=O)C=CC(=O)[O]1. The maximum atomic E-state index is 12.3. The molecule has 0 aromatic rings. The molecule has 1 heterocycles. The summed E-state index contributed by atoms with van der Waals surface area (Å²) in [7, 11) is 0. The molecule has 0 saturated heterocycles. The van der Waals surface area contributed by atoms with E-state index in [0.717, 1.165) is 34.6 Å². The van der Waals surface area contributed by atoms with Crippen molar-refractivity contribution >= 4 is 31.1 Å². The van der Waals surface area contributed by atoms with Gasteiger partial charge in [0.25, 0.3) is 0 Å². The zero-order valence-electron chi connectivity index (χ0n) is 30.3. The van der Waals surface area contributed by atoms with E-state index in [2.05, 4.69) is 13.8 Å². The van der Waals surface area contributed by atoms with Gasteiger partial charge in [-0.05, 0) is 0 Å². The second kappa shape index (κ2) is 32.0. The third-order valence-corrected chi connectivity index (χ3v) is 19.4. The summed E-state index contributed by atoms with van der Waals surface area (Å²) in [6.45, 7) is 4.57. The van der Waals surface area contributed by atoms with Gasteiger partial charge in [-0.25, -0.2) is 0 Å². The molecule has 4 nitrogen and oxygen atoms in total. The molecule has 0 fully saturated rings. The van der Waals surface area contributed by atoms with Crippen LogP contribution in [0.3, 0.4) is 0 Å². The number of hydrogen-bond acceptors (Lipinski definition) is 4. The Balaban J connectivity index is 2.08. The predicted octanol–water partition coefficient (Wildman–Crippen LogP) is 13.6. The molecule has 45 heavy (non-hydrogen) atoms. The van der Waals surface area contributed by atoms with E-state index < -0.39 is 19.2 Å². The van der Waals surface area contributed by atoms with Gasteiger partial charge in [0.1, 0.15) is 0 Å². The molecule has 0 spiro atoms. The van der Waals surface area contributed by atoms with Crippen LogP contribution in [-0.4, -0.2) is 31.1 Å². The Kier molecular flexibility index (Phi) is 30.3. The molecule has 0 unspecified atom stereocenters. The van der Waals surface area contributed by atoms with Gasteiger partial charge in [0.15, 0.2) is 0 Å². The Morgan fingerprint density at radius 3 is 0.778 bits per heavy atom. The van der Waals surface area contributed by atoms with Crippen molar-refractivity contribution in [2.75, 3.05) is 0 Å². The van der Waals surface area contributed by atoms with Crippen LogP contribution in [0.5, 0.6) is 0 Å². The topological polar surface area (TPSA) is 52.6 Å². The van der Waals surface area contributed by atoms with Gasteiger partial charge in [0, 0.05) is 0 Å². The molecule has 5 heteroatoms. The van der Waals surface area contributed by atoms with Crippen LogP contribution in [-0.2, 0) is 15.7 Å². The van der Waals surface area contributed by atoms with E-state index in [9.17, 15) is 9.59 Å². The first-order chi connectivity index (χ1) is 22.1. The molecule has 0 atom stereocenters. The molecule has 1 rings (SSSR count). The van der Waals surface area contributed by atoms with E-state index in [0.29, 0.717) is 0 Å². The van der Waals surface area contributed by atoms with Gasteiger partial charge in [-0.1, -0.05) is 78.1 Å². The van der Waals surface area contributed by atoms with Crippen molar-refractivity contribution in [3.05, 3.63) is 12.2 Å². The molecule has 0 aromatic heterocycles. The van der Waals surface area contributed by atoms with Crippen molar-refractivity contribution in [1.29, 1.82) is 0 Å². The number of carbonyl (C=O) groups excluding carboxylic acids is 2. The number of rotatable bonds is 34. The predicted molar refractivity (Wildman–Crippen MR) is 196 cm³/mol. The van der Waals surface area contributed by atoms with E-state index in [-0.39, 0.29) is 11.9 Å². The van der Waals surface area contributed by atoms with Gasteiger partial charge in [-0.15, -0.1) is 0 Å². The third-order valence-electron chi connectivity index (χ3n) is 9.75. The van der Waals surface area contributed by atoms with Crippen molar-refractivity contribution < 1.29 is 15.7 Å². The summed E-state index contributed by atoms with van der Waals surface area (Å²) < 4.78 is 13.6. The van der Waals surface area contributed by atoms with Gasteiger partial charge >= 0.3 is 209 Å². The monoisotopic (exact) mass is 740 g/mol. The summed E-state index contributed by atoms with van der Waals surface area (Å²) in [6.07, 6.45) is 45.5. The second-order valence-corrected chi connectivity index (χ2v) is 23.4. The Hall–Kier alpha value is -0.521. The molecule has 0 aliphatic carbocycles. The van der Waals surface area contributed by atoms with Crippen LogP contribution >= 0.6 is 0 Å².